The molecule has 0 bridgehead atoms. The van der Waals surface area contributed by atoms with E-state index < -0.39 is 54.5 Å². The minimum atomic E-state index is -1.49. The molecule has 3 amide bonds. The second kappa shape index (κ2) is 11.7. The number of nitrogens with one attached hydrogen (secondary N) is 3. The monoisotopic (exact) mass is 392 g/mol. The van der Waals surface area contributed by atoms with E-state index in [0.717, 1.165) is 0 Å². The maximum absolute atomic E-state index is 12.2. The summed E-state index contributed by atoms with van der Waals surface area (Å²) < 4.78 is 0. The predicted molar refractivity (Wildman–Crippen MR) is 97.5 cm³/mol. The van der Waals surface area contributed by atoms with Gasteiger partial charge in [0, 0.05) is 5.75 Å². The van der Waals surface area contributed by atoms with Gasteiger partial charge in [0.2, 0.25) is 17.7 Å². The maximum atomic E-state index is 12.2. The molecule has 0 radical (unpaired) electrons. The number of carbonyl (C=O) groups excluding carboxylic acids is 3. The van der Waals surface area contributed by atoms with Gasteiger partial charge in [0.1, 0.15) is 18.1 Å². The highest BCUT2D eigenvalue weighted by Gasteiger charge is 2.28. The van der Waals surface area contributed by atoms with Gasteiger partial charge in [-0.2, -0.15) is 12.6 Å². The second-order valence-corrected chi connectivity index (χ2v) is 6.33. The summed E-state index contributed by atoms with van der Waals surface area (Å²) in [7, 11) is 0. The fourth-order valence-corrected chi connectivity index (χ4v) is 2.09. The van der Waals surface area contributed by atoms with E-state index in [0.29, 0.717) is 6.42 Å². The molecule has 0 aliphatic rings. The normalized spacial score (nSPS) is 16.5. The summed E-state index contributed by atoms with van der Waals surface area (Å²) in [6.45, 7) is 4.34. The highest BCUT2D eigenvalue weighted by Crippen LogP contribution is 2.05. The molecule has 0 saturated carbocycles. The van der Waals surface area contributed by atoms with Crippen molar-refractivity contribution in [2.75, 3.05) is 12.4 Å². The Bertz CT molecular complexity index is 518. The van der Waals surface area contributed by atoms with Gasteiger partial charge < -0.3 is 31.9 Å². The van der Waals surface area contributed by atoms with Crippen molar-refractivity contribution in [1.82, 2.24) is 16.0 Å². The first-order valence-electron chi connectivity index (χ1n) is 8.20. The van der Waals surface area contributed by atoms with Gasteiger partial charge in [-0.3, -0.25) is 14.4 Å². The number of aliphatic hydroxyl groups excluding tert-OH is 1. The molecular formula is C15H28N4O6S. The largest absolute Gasteiger partial charge is 0.480 e. The Balaban J connectivity index is 4.76. The van der Waals surface area contributed by atoms with Crippen molar-refractivity contribution in [2.24, 2.45) is 11.7 Å². The summed E-state index contributed by atoms with van der Waals surface area (Å²) in [4.78, 5) is 47.0. The molecule has 11 heteroatoms. The van der Waals surface area contributed by atoms with Crippen LogP contribution >= 0.6 is 12.6 Å². The number of nitrogens with two attached hydrogens (primary N) is 1. The highest BCUT2D eigenvalue weighted by atomic mass is 32.1. The predicted octanol–water partition coefficient (Wildman–Crippen LogP) is -2.16. The Morgan fingerprint density at radius 2 is 1.54 bits per heavy atom. The number of carboxylic acid groups (broad SMARTS) is 1. The number of carbonyl (C=O) groups is 4. The van der Waals surface area contributed by atoms with Crippen molar-refractivity contribution in [3.05, 3.63) is 0 Å². The summed E-state index contributed by atoms with van der Waals surface area (Å²) in [6.07, 6.45) is 0.701. The van der Waals surface area contributed by atoms with Gasteiger partial charge in [0.05, 0.1) is 12.6 Å². The van der Waals surface area contributed by atoms with Crippen LogP contribution in [0.4, 0.5) is 0 Å². The molecule has 5 atom stereocenters. The van der Waals surface area contributed by atoms with E-state index in [2.05, 4.69) is 28.6 Å². The van der Waals surface area contributed by atoms with Crippen LogP contribution in [-0.2, 0) is 19.2 Å². The number of thiol groups is 1. The topological polar surface area (TPSA) is 171 Å². The molecule has 10 nitrogen and oxygen atoms in total. The van der Waals surface area contributed by atoms with Crippen molar-refractivity contribution in [2.45, 2.75) is 51.4 Å². The lowest BCUT2D eigenvalue weighted by Gasteiger charge is -2.23. The van der Waals surface area contributed by atoms with E-state index in [1.54, 1.807) is 0 Å². The molecule has 0 heterocycles. The third-order valence-corrected chi connectivity index (χ3v) is 4.29. The number of carboxylic acids is 1. The van der Waals surface area contributed by atoms with E-state index in [4.69, 9.17) is 15.9 Å². The Hall–Kier alpha value is -1.85. The van der Waals surface area contributed by atoms with Crippen LogP contribution in [0.3, 0.4) is 0 Å². The summed E-state index contributed by atoms with van der Waals surface area (Å²) in [5, 5.41) is 24.7. The first-order valence-corrected chi connectivity index (χ1v) is 8.83. The van der Waals surface area contributed by atoms with Gasteiger partial charge in [0.25, 0.3) is 0 Å². The number of aliphatic carboxylic acids is 1. The van der Waals surface area contributed by atoms with Crippen LogP contribution in [0.2, 0.25) is 0 Å². The summed E-state index contributed by atoms with van der Waals surface area (Å²) in [6, 6.07) is -4.35. The molecule has 150 valence electrons. The van der Waals surface area contributed by atoms with E-state index in [1.165, 1.54) is 6.92 Å². The first kappa shape index (κ1) is 24.1. The number of rotatable bonds is 11. The molecule has 26 heavy (non-hydrogen) atoms. The fourth-order valence-electron chi connectivity index (χ4n) is 1.84. The van der Waals surface area contributed by atoms with Crippen LogP contribution < -0.4 is 21.7 Å². The Morgan fingerprint density at radius 1 is 1.00 bits per heavy atom. The quantitative estimate of drug-likeness (QED) is 0.196. The van der Waals surface area contributed by atoms with Crippen LogP contribution in [0.25, 0.3) is 0 Å². The molecule has 0 aromatic rings. The minimum absolute atomic E-state index is 0.0623. The lowest BCUT2D eigenvalue weighted by Crippen LogP contribution is -2.57. The van der Waals surface area contributed by atoms with Crippen LogP contribution in [0.1, 0.15) is 27.2 Å². The summed E-state index contributed by atoms with van der Waals surface area (Å²) in [5.74, 6) is -3.54. The number of hydrogen-bond acceptors (Lipinski definition) is 7. The highest BCUT2D eigenvalue weighted by molar-refractivity contribution is 7.80. The van der Waals surface area contributed by atoms with Crippen molar-refractivity contribution < 1.29 is 29.4 Å². The van der Waals surface area contributed by atoms with Crippen molar-refractivity contribution in [1.29, 1.82) is 0 Å². The number of amides is 3. The van der Waals surface area contributed by atoms with Crippen molar-refractivity contribution in [3.8, 4) is 0 Å². The lowest BCUT2D eigenvalue weighted by atomic mass is 9.99. The van der Waals surface area contributed by atoms with Crippen LogP contribution in [0.15, 0.2) is 0 Å². The number of aliphatic hydroxyl groups is 1. The van der Waals surface area contributed by atoms with Crippen LogP contribution in [0, 0.1) is 5.92 Å². The van der Waals surface area contributed by atoms with E-state index in [-0.39, 0.29) is 11.7 Å². The van der Waals surface area contributed by atoms with E-state index >= 15 is 0 Å². The molecule has 5 unspecified atom stereocenters. The SMILES string of the molecule is CCC(C)C(N)C(=O)NC(C)C(=O)NC(CS)C(=O)NC(CO)C(=O)O. The van der Waals surface area contributed by atoms with Gasteiger partial charge in [-0.1, -0.05) is 20.3 Å². The van der Waals surface area contributed by atoms with E-state index in [9.17, 15) is 19.2 Å². The van der Waals surface area contributed by atoms with Crippen LogP contribution in [-0.4, -0.2) is 70.4 Å². The average molecular weight is 392 g/mol. The zero-order valence-electron chi connectivity index (χ0n) is 15.1. The molecule has 0 aromatic heterocycles. The zero-order chi connectivity index (χ0) is 20.4. The van der Waals surface area contributed by atoms with Gasteiger partial charge in [-0.05, 0) is 12.8 Å². The Labute approximate surface area is 157 Å². The third-order valence-electron chi connectivity index (χ3n) is 3.92. The molecular weight excluding hydrogens is 364 g/mol. The maximum Gasteiger partial charge on any atom is 0.328 e. The van der Waals surface area contributed by atoms with Crippen molar-refractivity contribution in [3.63, 3.8) is 0 Å². The molecule has 0 aliphatic carbocycles. The summed E-state index contributed by atoms with van der Waals surface area (Å²) >= 11 is 3.95. The third kappa shape index (κ3) is 7.58. The second-order valence-electron chi connectivity index (χ2n) is 5.97. The first-order chi connectivity index (χ1) is 12.1. The average Bonchev–Trinajstić information content (AvgIpc) is 2.61. The molecule has 7 N–H and O–H groups in total. The van der Waals surface area contributed by atoms with Gasteiger partial charge in [-0.25, -0.2) is 4.79 Å². The number of hydrogen-bond donors (Lipinski definition) is 7. The van der Waals surface area contributed by atoms with Gasteiger partial charge >= 0.3 is 5.97 Å². The van der Waals surface area contributed by atoms with Gasteiger partial charge in [-0.15, -0.1) is 0 Å². The fraction of sp³-hybridized carbons (Fsp3) is 0.733. The minimum Gasteiger partial charge on any atom is -0.480 e. The zero-order valence-corrected chi connectivity index (χ0v) is 16.0. The molecule has 0 aromatic carbocycles. The smallest absolute Gasteiger partial charge is 0.328 e. The van der Waals surface area contributed by atoms with E-state index in [1.807, 2.05) is 13.8 Å². The molecule has 0 rings (SSSR count). The van der Waals surface area contributed by atoms with Crippen LogP contribution in [0.5, 0.6) is 0 Å². The van der Waals surface area contributed by atoms with Crippen molar-refractivity contribution >= 4 is 36.3 Å². The Kier molecular flexibility index (Phi) is 10.9. The Morgan fingerprint density at radius 3 is 1.96 bits per heavy atom. The molecule has 0 spiro atoms. The summed E-state index contributed by atoms with van der Waals surface area (Å²) in [5.41, 5.74) is 5.79. The lowest BCUT2D eigenvalue weighted by molar-refractivity contribution is -0.143. The standard InChI is InChI=1S/C15H28N4O6S/c1-4-7(2)11(16)14(23)17-8(3)12(21)19-10(6-26)13(22)18-9(5-20)15(24)25/h7-11,20,26H,4-6,16H2,1-3H3,(H,17,23)(H,18,22)(H,19,21)(H,24,25). The molecule has 0 fully saturated rings. The van der Waals surface area contributed by atoms with Gasteiger partial charge in [0.15, 0.2) is 0 Å². The molecule has 0 saturated heterocycles. The molecule has 0 aliphatic heterocycles.